The molecule has 0 bridgehead atoms. The molecule has 1 heterocycles. The average Bonchev–Trinajstić information content (AvgIpc) is 2.74. The molecule has 0 fully saturated rings. The van der Waals surface area contributed by atoms with Gasteiger partial charge in [-0.2, -0.15) is 14.2 Å². The van der Waals surface area contributed by atoms with Crippen LogP contribution in [0.4, 0.5) is 0 Å². The highest BCUT2D eigenvalue weighted by atomic mass is 35.5. The SMILES string of the molecule is COc1cc(-c2cc(-c3ccc(Cl)cc3)[nH]c(=O)n2)ccc1OP(=O)(ON)ON. The zero-order valence-corrected chi connectivity index (χ0v) is 16.6. The Morgan fingerprint density at radius 1 is 1.00 bits per heavy atom. The van der Waals surface area contributed by atoms with Crippen LogP contribution in [-0.2, 0) is 13.8 Å². The second-order valence-electron chi connectivity index (χ2n) is 5.61. The summed E-state index contributed by atoms with van der Waals surface area (Å²) in [7, 11) is -2.83. The van der Waals surface area contributed by atoms with Crippen LogP contribution in [0.2, 0.25) is 5.02 Å². The largest absolute Gasteiger partial charge is 0.563 e. The first-order chi connectivity index (χ1) is 13.9. The van der Waals surface area contributed by atoms with E-state index in [4.69, 9.17) is 32.7 Å². The number of methoxy groups -OCH3 is 1. The number of nitrogens with two attached hydrogens (primary N) is 2. The standard InChI is InChI=1S/C17H16ClN4O6P/c1-25-16-8-11(4-7-15(16)26-29(24,27-19)28-20)14-9-13(21-17(23)22-14)10-2-5-12(18)6-3-10/h2-9H,19-20H2,1H3,(H,21,22,23). The molecule has 10 nitrogen and oxygen atoms in total. The van der Waals surface area contributed by atoms with E-state index >= 15 is 0 Å². The Morgan fingerprint density at radius 2 is 1.66 bits per heavy atom. The van der Waals surface area contributed by atoms with Crippen LogP contribution in [0.5, 0.6) is 11.5 Å². The summed E-state index contributed by atoms with van der Waals surface area (Å²) in [6.45, 7) is 0. The Kier molecular flexibility index (Phi) is 6.33. The lowest BCUT2D eigenvalue weighted by Crippen LogP contribution is -2.12. The molecule has 0 radical (unpaired) electrons. The third-order valence-electron chi connectivity index (χ3n) is 3.83. The highest BCUT2D eigenvalue weighted by Crippen LogP contribution is 2.49. The summed E-state index contributed by atoms with van der Waals surface area (Å²) in [6, 6.07) is 13.2. The number of hydrogen-bond acceptors (Lipinski definition) is 9. The maximum absolute atomic E-state index is 12.1. The van der Waals surface area contributed by atoms with Gasteiger partial charge in [-0.25, -0.2) is 21.2 Å². The molecule has 1 aromatic heterocycles. The Balaban J connectivity index is 2.01. The molecule has 2 aromatic carbocycles. The van der Waals surface area contributed by atoms with Gasteiger partial charge in [-0.3, -0.25) is 0 Å². The van der Waals surface area contributed by atoms with Crippen LogP contribution >= 0.6 is 19.4 Å². The summed E-state index contributed by atoms with van der Waals surface area (Å²) in [6.07, 6.45) is 0. The van der Waals surface area contributed by atoms with Gasteiger partial charge in [0.05, 0.1) is 18.5 Å². The van der Waals surface area contributed by atoms with Gasteiger partial charge in [0.15, 0.2) is 11.5 Å². The molecule has 0 saturated heterocycles. The lowest BCUT2D eigenvalue weighted by atomic mass is 10.1. The number of ether oxygens (including phenoxy) is 1. The Bertz CT molecular complexity index is 1110. The molecule has 12 heteroatoms. The van der Waals surface area contributed by atoms with Crippen LogP contribution in [0, 0.1) is 0 Å². The van der Waals surface area contributed by atoms with E-state index in [1.54, 1.807) is 36.4 Å². The van der Waals surface area contributed by atoms with Gasteiger partial charge in [0.1, 0.15) is 0 Å². The van der Waals surface area contributed by atoms with E-state index < -0.39 is 13.5 Å². The fraction of sp³-hybridized carbons (Fsp3) is 0.0588. The molecular formula is C17H16ClN4O6P. The van der Waals surface area contributed by atoms with E-state index in [0.717, 1.165) is 5.56 Å². The van der Waals surface area contributed by atoms with Crippen LogP contribution < -0.4 is 26.7 Å². The van der Waals surface area contributed by atoms with Gasteiger partial charge in [-0.05, 0) is 42.0 Å². The third-order valence-corrected chi connectivity index (χ3v) is 5.02. The van der Waals surface area contributed by atoms with Gasteiger partial charge in [-0.1, -0.05) is 23.7 Å². The van der Waals surface area contributed by atoms with E-state index in [2.05, 4.69) is 19.2 Å². The minimum Gasteiger partial charge on any atom is -0.493 e. The predicted molar refractivity (Wildman–Crippen MR) is 106 cm³/mol. The molecule has 0 atom stereocenters. The van der Waals surface area contributed by atoms with Crippen molar-refractivity contribution in [2.24, 2.45) is 11.8 Å². The van der Waals surface area contributed by atoms with Crippen molar-refractivity contribution < 1.29 is 23.1 Å². The van der Waals surface area contributed by atoms with Crippen LogP contribution in [-0.4, -0.2) is 17.1 Å². The van der Waals surface area contributed by atoms with Crippen LogP contribution in [0.25, 0.3) is 22.5 Å². The van der Waals surface area contributed by atoms with Gasteiger partial charge in [-0.15, -0.1) is 0 Å². The van der Waals surface area contributed by atoms with Crippen molar-refractivity contribution in [3.05, 3.63) is 64.0 Å². The zero-order chi connectivity index (χ0) is 21.0. The van der Waals surface area contributed by atoms with Crippen LogP contribution in [0.3, 0.4) is 0 Å². The fourth-order valence-corrected chi connectivity index (χ4v) is 3.13. The number of nitrogens with zero attached hydrogens (tertiary/aromatic N) is 1. The number of H-pyrrole nitrogens is 1. The number of aromatic amines is 1. The van der Waals surface area contributed by atoms with Gasteiger partial charge < -0.3 is 14.2 Å². The maximum atomic E-state index is 12.1. The average molecular weight is 439 g/mol. The number of hydrogen-bond donors (Lipinski definition) is 3. The first kappa shape index (κ1) is 21.0. The summed E-state index contributed by atoms with van der Waals surface area (Å²) in [5, 5.41) is 0.575. The van der Waals surface area contributed by atoms with Gasteiger partial charge >= 0.3 is 13.5 Å². The van der Waals surface area contributed by atoms with Crippen LogP contribution in [0.1, 0.15) is 0 Å². The summed E-state index contributed by atoms with van der Waals surface area (Å²) < 4.78 is 30.6. The molecule has 0 spiro atoms. The molecule has 5 N–H and O–H groups in total. The summed E-state index contributed by atoms with van der Waals surface area (Å²) in [5.74, 6) is 9.93. The van der Waals surface area contributed by atoms with Gasteiger partial charge in [0.2, 0.25) is 0 Å². The highest BCUT2D eigenvalue weighted by Gasteiger charge is 2.28. The molecule has 0 aliphatic rings. The molecule has 3 aromatic rings. The molecular weight excluding hydrogens is 423 g/mol. The molecule has 0 unspecified atom stereocenters. The van der Waals surface area contributed by atoms with Crippen molar-refractivity contribution in [3.63, 3.8) is 0 Å². The van der Waals surface area contributed by atoms with E-state index in [1.807, 2.05) is 0 Å². The van der Waals surface area contributed by atoms with Gasteiger partial charge in [0.25, 0.3) is 0 Å². The molecule has 29 heavy (non-hydrogen) atoms. The molecule has 0 aliphatic heterocycles. The second kappa shape index (κ2) is 8.75. The van der Waals surface area contributed by atoms with Gasteiger partial charge in [0, 0.05) is 10.6 Å². The van der Waals surface area contributed by atoms with E-state index in [0.29, 0.717) is 22.0 Å². The third kappa shape index (κ3) is 4.83. The predicted octanol–water partition coefficient (Wildman–Crippen LogP) is 3.03. The monoisotopic (exact) mass is 438 g/mol. The Hall–Kier alpha value is -2.72. The van der Waals surface area contributed by atoms with E-state index in [1.165, 1.54) is 19.2 Å². The molecule has 0 saturated carbocycles. The normalized spacial score (nSPS) is 11.3. The number of rotatable bonds is 7. The quantitative estimate of drug-likeness (QED) is 0.373. The number of halogens is 1. The second-order valence-corrected chi connectivity index (χ2v) is 7.54. The summed E-state index contributed by atoms with van der Waals surface area (Å²) >= 11 is 5.91. The Labute approximate surface area is 169 Å². The van der Waals surface area contributed by atoms with E-state index in [9.17, 15) is 9.36 Å². The lowest BCUT2D eigenvalue weighted by molar-refractivity contribution is 0.157. The van der Waals surface area contributed by atoms with Crippen molar-refractivity contribution in [2.45, 2.75) is 0 Å². The number of nitrogens with one attached hydrogen (secondary N) is 1. The number of aromatic nitrogens is 2. The van der Waals surface area contributed by atoms with Crippen molar-refractivity contribution in [2.75, 3.05) is 7.11 Å². The van der Waals surface area contributed by atoms with E-state index in [-0.39, 0.29) is 11.5 Å². The first-order valence-electron chi connectivity index (χ1n) is 8.00. The molecule has 0 amide bonds. The molecule has 152 valence electrons. The fourth-order valence-electron chi connectivity index (χ4n) is 2.48. The highest BCUT2D eigenvalue weighted by molar-refractivity contribution is 7.48. The molecule has 3 rings (SSSR count). The summed E-state index contributed by atoms with van der Waals surface area (Å²) in [5.41, 5.74) is 1.67. The minimum absolute atomic E-state index is 0.00162. The Morgan fingerprint density at radius 3 is 2.28 bits per heavy atom. The lowest BCUT2D eigenvalue weighted by Gasteiger charge is -2.15. The van der Waals surface area contributed by atoms with Crippen molar-refractivity contribution >= 4 is 19.4 Å². The number of benzene rings is 2. The minimum atomic E-state index is -4.20. The van der Waals surface area contributed by atoms with Crippen LogP contribution in [0.15, 0.2) is 53.3 Å². The maximum Gasteiger partial charge on any atom is 0.563 e. The zero-order valence-electron chi connectivity index (χ0n) is 15.0. The first-order valence-corrected chi connectivity index (χ1v) is 9.83. The smallest absolute Gasteiger partial charge is 0.493 e. The topological polar surface area (TPSA) is 152 Å². The molecule has 0 aliphatic carbocycles. The van der Waals surface area contributed by atoms with Crippen molar-refractivity contribution in [3.8, 4) is 34.0 Å². The summed E-state index contributed by atoms with van der Waals surface area (Å²) in [4.78, 5) is 18.7. The van der Waals surface area contributed by atoms with Crippen molar-refractivity contribution in [1.82, 2.24) is 9.97 Å². The van der Waals surface area contributed by atoms with Crippen molar-refractivity contribution in [1.29, 1.82) is 0 Å². The number of phosphoric acid groups is 1.